The first kappa shape index (κ1) is 10.8. The van der Waals surface area contributed by atoms with Gasteiger partial charge in [-0.3, -0.25) is 0 Å². The molecule has 0 aliphatic heterocycles. The zero-order chi connectivity index (χ0) is 10.6. The highest BCUT2D eigenvalue weighted by atomic mass is 35.5. The normalized spacial score (nSPS) is 10.4. The van der Waals surface area contributed by atoms with E-state index in [1.54, 1.807) is 0 Å². The molecule has 0 atom stereocenters. The monoisotopic (exact) mass is 205 g/mol. The van der Waals surface area contributed by atoms with Gasteiger partial charge in [-0.05, 0) is 42.7 Å². The summed E-state index contributed by atoms with van der Waals surface area (Å²) in [5, 5.41) is 9.17. The molecule has 0 aliphatic rings. The Hall–Kier alpha value is -1.26. The number of benzene rings is 1. The van der Waals surface area contributed by atoms with Crippen molar-refractivity contribution in [2.24, 2.45) is 0 Å². The summed E-state index contributed by atoms with van der Waals surface area (Å²) in [4.78, 5) is 0. The molecule has 14 heavy (non-hydrogen) atoms. The highest BCUT2D eigenvalue weighted by molar-refractivity contribution is 6.30. The van der Waals surface area contributed by atoms with Crippen molar-refractivity contribution in [1.29, 1.82) is 5.26 Å². The van der Waals surface area contributed by atoms with Gasteiger partial charge in [0.2, 0.25) is 0 Å². The van der Waals surface area contributed by atoms with Crippen LogP contribution < -0.4 is 0 Å². The molecule has 1 aromatic rings. The van der Waals surface area contributed by atoms with Crippen LogP contribution in [0.4, 0.5) is 0 Å². The van der Waals surface area contributed by atoms with Gasteiger partial charge in [0.05, 0.1) is 12.5 Å². The van der Waals surface area contributed by atoms with Gasteiger partial charge in [-0.1, -0.05) is 23.8 Å². The molecule has 0 radical (unpaired) electrons. The van der Waals surface area contributed by atoms with Crippen molar-refractivity contribution in [1.82, 2.24) is 0 Å². The largest absolute Gasteiger partial charge is 0.198 e. The van der Waals surface area contributed by atoms with Gasteiger partial charge in [-0.15, -0.1) is 0 Å². The van der Waals surface area contributed by atoms with Crippen molar-refractivity contribution in [2.45, 2.75) is 20.3 Å². The van der Waals surface area contributed by atoms with Crippen molar-refractivity contribution in [3.05, 3.63) is 39.9 Å². The first-order valence-electron chi connectivity index (χ1n) is 4.45. The van der Waals surface area contributed by atoms with Gasteiger partial charge in [-0.2, -0.15) is 5.26 Å². The molecule has 1 rings (SSSR count). The van der Waals surface area contributed by atoms with Gasteiger partial charge in [0.15, 0.2) is 0 Å². The predicted molar refractivity (Wildman–Crippen MR) is 60.2 cm³/mol. The Labute approximate surface area is 89.6 Å². The van der Waals surface area contributed by atoms with E-state index in [1.807, 2.05) is 38.1 Å². The maximum Gasteiger partial charge on any atom is 0.0663 e. The zero-order valence-electron chi connectivity index (χ0n) is 8.34. The average Bonchev–Trinajstić information content (AvgIpc) is 2.09. The van der Waals surface area contributed by atoms with Crippen molar-refractivity contribution in [2.75, 3.05) is 0 Å². The van der Waals surface area contributed by atoms with Crippen LogP contribution >= 0.6 is 11.6 Å². The maximum absolute atomic E-state index is 8.40. The van der Waals surface area contributed by atoms with Gasteiger partial charge < -0.3 is 0 Å². The molecule has 0 aromatic heterocycles. The molecule has 2 heteroatoms. The second-order valence-electron chi connectivity index (χ2n) is 3.22. The minimum atomic E-state index is 0.446. The molecule has 1 aromatic carbocycles. The average molecular weight is 206 g/mol. The highest BCUT2D eigenvalue weighted by Gasteiger charge is 2.00. The molecular formula is C12H12ClN. The maximum atomic E-state index is 8.40. The second-order valence-corrected chi connectivity index (χ2v) is 3.65. The fourth-order valence-electron chi connectivity index (χ4n) is 1.41. The summed E-state index contributed by atoms with van der Waals surface area (Å²) >= 11 is 5.91. The molecule has 0 bridgehead atoms. The number of rotatable bonds is 2. The van der Waals surface area contributed by atoms with Crippen LogP contribution in [0.1, 0.15) is 23.1 Å². The summed E-state index contributed by atoms with van der Waals surface area (Å²) in [5.74, 6) is 0. The van der Waals surface area contributed by atoms with E-state index in [9.17, 15) is 0 Å². The van der Waals surface area contributed by atoms with E-state index in [0.717, 1.165) is 21.7 Å². The molecule has 1 nitrogen and oxygen atoms in total. The highest BCUT2D eigenvalue weighted by Crippen LogP contribution is 2.21. The third-order valence-electron chi connectivity index (χ3n) is 2.05. The Kier molecular flexibility index (Phi) is 3.73. The lowest BCUT2D eigenvalue weighted by atomic mass is 10.0. The lowest BCUT2D eigenvalue weighted by Crippen LogP contribution is -1.86. The minimum Gasteiger partial charge on any atom is -0.198 e. The van der Waals surface area contributed by atoms with Gasteiger partial charge in [0.25, 0.3) is 0 Å². The van der Waals surface area contributed by atoms with E-state index < -0.39 is 0 Å². The van der Waals surface area contributed by atoms with Gasteiger partial charge in [0, 0.05) is 5.02 Å². The first-order valence-corrected chi connectivity index (χ1v) is 4.83. The molecule has 0 fully saturated rings. The number of allylic oxidation sites excluding steroid dienone is 1. The molecule has 0 spiro atoms. The predicted octanol–water partition coefficient (Wildman–Crippen LogP) is 3.88. The number of halogens is 1. The Morgan fingerprint density at radius 3 is 2.43 bits per heavy atom. The Bertz CT molecular complexity index is 376. The third kappa shape index (κ3) is 2.61. The van der Waals surface area contributed by atoms with Crippen LogP contribution in [0.15, 0.2) is 18.2 Å². The van der Waals surface area contributed by atoms with Crippen LogP contribution in [0.2, 0.25) is 5.02 Å². The Morgan fingerprint density at radius 1 is 1.36 bits per heavy atom. The van der Waals surface area contributed by atoms with Crippen LogP contribution in [-0.4, -0.2) is 0 Å². The zero-order valence-corrected chi connectivity index (χ0v) is 9.10. The van der Waals surface area contributed by atoms with Crippen LogP contribution in [0.5, 0.6) is 0 Å². The molecule has 72 valence electrons. The summed E-state index contributed by atoms with van der Waals surface area (Å²) in [5.41, 5.74) is 3.44. The molecule has 0 saturated carbocycles. The Morgan fingerprint density at radius 2 is 1.93 bits per heavy atom. The minimum absolute atomic E-state index is 0.446. The van der Waals surface area contributed by atoms with Crippen LogP contribution in [-0.2, 0) is 0 Å². The summed E-state index contributed by atoms with van der Waals surface area (Å²) in [6.45, 7) is 4.04. The molecule has 0 heterocycles. The Balaban J connectivity index is 3.04. The second kappa shape index (κ2) is 4.83. The summed E-state index contributed by atoms with van der Waals surface area (Å²) < 4.78 is 0. The fraction of sp³-hybridized carbons (Fsp3) is 0.250. The standard InChI is InChI=1S/C12H12ClN/c1-9-7-11(13)8-10(2)12(9)5-3-4-6-14/h3,5,7-8H,4H2,1-2H3. The topological polar surface area (TPSA) is 23.8 Å². The first-order chi connectivity index (χ1) is 6.65. The smallest absolute Gasteiger partial charge is 0.0663 e. The molecule has 0 N–H and O–H groups in total. The number of aryl methyl sites for hydroxylation is 2. The summed E-state index contributed by atoms with van der Waals surface area (Å²) in [6.07, 6.45) is 4.29. The SMILES string of the molecule is Cc1cc(Cl)cc(C)c1C=CCC#N. The van der Waals surface area contributed by atoms with Crippen LogP contribution in [0.3, 0.4) is 0 Å². The summed E-state index contributed by atoms with van der Waals surface area (Å²) in [6, 6.07) is 5.94. The molecule has 0 amide bonds. The van der Waals surface area contributed by atoms with Crippen LogP contribution in [0.25, 0.3) is 6.08 Å². The van der Waals surface area contributed by atoms with E-state index in [-0.39, 0.29) is 0 Å². The third-order valence-corrected chi connectivity index (χ3v) is 2.27. The van der Waals surface area contributed by atoms with Gasteiger partial charge in [0.1, 0.15) is 0 Å². The van der Waals surface area contributed by atoms with E-state index >= 15 is 0 Å². The van der Waals surface area contributed by atoms with E-state index in [2.05, 4.69) is 6.07 Å². The van der Waals surface area contributed by atoms with Crippen molar-refractivity contribution in [3.63, 3.8) is 0 Å². The fourth-order valence-corrected chi connectivity index (χ4v) is 1.74. The van der Waals surface area contributed by atoms with Crippen molar-refractivity contribution >= 4 is 17.7 Å². The van der Waals surface area contributed by atoms with Gasteiger partial charge >= 0.3 is 0 Å². The number of hydrogen-bond donors (Lipinski definition) is 0. The van der Waals surface area contributed by atoms with Crippen LogP contribution in [0, 0.1) is 25.2 Å². The number of nitriles is 1. The quantitative estimate of drug-likeness (QED) is 0.719. The van der Waals surface area contributed by atoms with E-state index in [0.29, 0.717) is 6.42 Å². The molecule has 0 aliphatic carbocycles. The summed E-state index contributed by atoms with van der Waals surface area (Å²) in [7, 11) is 0. The molecular weight excluding hydrogens is 194 g/mol. The van der Waals surface area contributed by atoms with Crippen molar-refractivity contribution in [3.8, 4) is 6.07 Å². The lowest BCUT2D eigenvalue weighted by molar-refractivity contribution is 1.33. The number of hydrogen-bond acceptors (Lipinski definition) is 1. The molecule has 0 unspecified atom stereocenters. The van der Waals surface area contributed by atoms with Crippen molar-refractivity contribution < 1.29 is 0 Å². The van der Waals surface area contributed by atoms with E-state index in [1.165, 1.54) is 0 Å². The van der Waals surface area contributed by atoms with E-state index in [4.69, 9.17) is 16.9 Å². The lowest BCUT2D eigenvalue weighted by Gasteiger charge is -2.05. The molecule has 0 saturated heterocycles. The van der Waals surface area contributed by atoms with Gasteiger partial charge in [-0.25, -0.2) is 0 Å². The number of nitrogens with zero attached hydrogens (tertiary/aromatic N) is 1.